The van der Waals surface area contributed by atoms with Crippen molar-refractivity contribution < 1.29 is 18.1 Å². The van der Waals surface area contributed by atoms with Crippen LogP contribution in [0.2, 0.25) is 0 Å². The first-order chi connectivity index (χ1) is 8.97. The van der Waals surface area contributed by atoms with Crippen LogP contribution in [0.4, 0.5) is 14.5 Å². The molecule has 0 aliphatic carbocycles. The van der Waals surface area contributed by atoms with Crippen molar-refractivity contribution >= 4 is 11.6 Å². The highest BCUT2D eigenvalue weighted by molar-refractivity contribution is 5.92. The molecule has 6 heteroatoms. The van der Waals surface area contributed by atoms with Crippen LogP contribution >= 0.6 is 0 Å². The lowest BCUT2D eigenvalue weighted by atomic mass is 10.1. The first kappa shape index (κ1) is 13.2. The van der Waals surface area contributed by atoms with E-state index >= 15 is 0 Å². The van der Waals surface area contributed by atoms with Crippen molar-refractivity contribution in [2.24, 2.45) is 0 Å². The molecular weight excluding hydrogens is 254 g/mol. The molecule has 2 aromatic rings. The van der Waals surface area contributed by atoms with E-state index in [1.54, 1.807) is 13.8 Å². The normalized spacial score (nSPS) is 10.5. The number of aryl methyl sites for hydroxylation is 2. The van der Waals surface area contributed by atoms with Gasteiger partial charge in [-0.3, -0.25) is 4.79 Å². The number of hydrogen-bond donors (Lipinski definition) is 1. The molecular formula is C13H12F2N2O2. The summed E-state index contributed by atoms with van der Waals surface area (Å²) in [5.74, 6) is -1.74. The Morgan fingerprint density at radius 3 is 2.63 bits per heavy atom. The summed E-state index contributed by atoms with van der Waals surface area (Å²) >= 11 is 0. The fourth-order valence-electron chi connectivity index (χ4n) is 1.69. The van der Waals surface area contributed by atoms with Crippen molar-refractivity contribution in [1.29, 1.82) is 0 Å². The van der Waals surface area contributed by atoms with Gasteiger partial charge >= 0.3 is 0 Å². The first-order valence-corrected chi connectivity index (χ1v) is 5.64. The van der Waals surface area contributed by atoms with Crippen LogP contribution in [-0.2, 0) is 11.2 Å². The average molecular weight is 266 g/mol. The Morgan fingerprint density at radius 1 is 1.32 bits per heavy atom. The minimum Gasteiger partial charge on any atom is -0.361 e. The summed E-state index contributed by atoms with van der Waals surface area (Å²) in [6.45, 7) is 3.44. The highest BCUT2D eigenvalue weighted by Gasteiger charge is 2.14. The Morgan fingerprint density at radius 2 is 2.05 bits per heavy atom. The Bertz CT molecular complexity index is 604. The van der Waals surface area contributed by atoms with Crippen LogP contribution < -0.4 is 5.32 Å². The van der Waals surface area contributed by atoms with Gasteiger partial charge in [-0.2, -0.15) is 0 Å². The minimum atomic E-state index is -1.00. The zero-order chi connectivity index (χ0) is 14.0. The molecule has 0 atom stereocenters. The lowest BCUT2D eigenvalue weighted by Gasteiger charge is -2.05. The lowest BCUT2D eigenvalue weighted by molar-refractivity contribution is -0.115. The third kappa shape index (κ3) is 2.96. The van der Waals surface area contributed by atoms with Crippen LogP contribution in [0.15, 0.2) is 22.7 Å². The van der Waals surface area contributed by atoms with Gasteiger partial charge in [-0.15, -0.1) is 0 Å². The standard InChI is InChI=1S/C13H12F2N2O2/c1-7-10(8(2)19-17-7)6-13(18)16-9-3-4-11(14)12(15)5-9/h3-5H,6H2,1-2H3,(H,16,18). The number of hydrogen-bond acceptors (Lipinski definition) is 3. The van der Waals surface area contributed by atoms with Gasteiger partial charge in [0.1, 0.15) is 5.76 Å². The number of anilines is 1. The van der Waals surface area contributed by atoms with Crippen molar-refractivity contribution in [3.8, 4) is 0 Å². The number of benzene rings is 1. The van der Waals surface area contributed by atoms with E-state index in [0.29, 0.717) is 17.0 Å². The first-order valence-electron chi connectivity index (χ1n) is 5.64. The van der Waals surface area contributed by atoms with E-state index in [9.17, 15) is 13.6 Å². The van der Waals surface area contributed by atoms with Crippen molar-refractivity contribution in [3.05, 3.63) is 46.9 Å². The summed E-state index contributed by atoms with van der Waals surface area (Å²) in [5, 5.41) is 6.23. The topological polar surface area (TPSA) is 55.1 Å². The fourth-order valence-corrected chi connectivity index (χ4v) is 1.69. The minimum absolute atomic E-state index is 0.0696. The quantitative estimate of drug-likeness (QED) is 0.929. The van der Waals surface area contributed by atoms with Gasteiger partial charge in [0.2, 0.25) is 5.91 Å². The Kier molecular flexibility index (Phi) is 3.59. The SMILES string of the molecule is Cc1noc(C)c1CC(=O)Nc1ccc(F)c(F)c1. The van der Waals surface area contributed by atoms with Crippen LogP contribution in [0.3, 0.4) is 0 Å². The summed E-state index contributed by atoms with van der Waals surface area (Å²) in [6, 6.07) is 3.19. The number of rotatable bonds is 3. The van der Waals surface area contributed by atoms with Crippen molar-refractivity contribution in [2.45, 2.75) is 20.3 Å². The van der Waals surface area contributed by atoms with E-state index in [2.05, 4.69) is 10.5 Å². The molecule has 2 rings (SSSR count). The van der Waals surface area contributed by atoms with Gasteiger partial charge in [0.15, 0.2) is 11.6 Å². The van der Waals surface area contributed by atoms with Gasteiger partial charge in [0.25, 0.3) is 0 Å². The molecule has 1 heterocycles. The van der Waals surface area contributed by atoms with Crippen LogP contribution in [0.5, 0.6) is 0 Å². The molecule has 1 aromatic heterocycles. The molecule has 1 aromatic carbocycles. The molecule has 0 radical (unpaired) electrons. The zero-order valence-corrected chi connectivity index (χ0v) is 10.5. The van der Waals surface area contributed by atoms with Gasteiger partial charge in [-0.05, 0) is 26.0 Å². The largest absolute Gasteiger partial charge is 0.361 e. The summed E-state index contributed by atoms with van der Waals surface area (Å²) in [5.41, 5.74) is 1.54. The second-order valence-electron chi connectivity index (χ2n) is 4.16. The van der Waals surface area contributed by atoms with Crippen LogP contribution in [0.25, 0.3) is 0 Å². The fraction of sp³-hybridized carbons (Fsp3) is 0.231. The maximum Gasteiger partial charge on any atom is 0.229 e. The number of nitrogens with one attached hydrogen (secondary N) is 1. The number of nitrogens with zero attached hydrogens (tertiary/aromatic N) is 1. The number of carbonyl (C=O) groups is 1. The molecule has 0 fully saturated rings. The van der Waals surface area contributed by atoms with Crippen LogP contribution in [0.1, 0.15) is 17.0 Å². The van der Waals surface area contributed by atoms with E-state index in [1.807, 2.05) is 0 Å². The molecule has 0 saturated carbocycles. The predicted molar refractivity (Wildman–Crippen MR) is 64.7 cm³/mol. The van der Waals surface area contributed by atoms with E-state index in [1.165, 1.54) is 6.07 Å². The van der Waals surface area contributed by atoms with Gasteiger partial charge in [-0.1, -0.05) is 5.16 Å². The number of amides is 1. The molecule has 1 amide bonds. The Balaban J connectivity index is 2.07. The number of aromatic nitrogens is 1. The highest BCUT2D eigenvalue weighted by Crippen LogP contribution is 2.16. The van der Waals surface area contributed by atoms with E-state index in [-0.39, 0.29) is 18.0 Å². The number of carbonyl (C=O) groups excluding carboxylic acids is 1. The van der Waals surface area contributed by atoms with Gasteiger partial charge in [-0.25, -0.2) is 8.78 Å². The molecule has 0 spiro atoms. The lowest BCUT2D eigenvalue weighted by Crippen LogP contribution is -2.15. The summed E-state index contributed by atoms with van der Waals surface area (Å²) in [7, 11) is 0. The summed E-state index contributed by atoms with van der Waals surface area (Å²) in [4.78, 5) is 11.8. The van der Waals surface area contributed by atoms with E-state index in [0.717, 1.165) is 12.1 Å². The molecule has 100 valence electrons. The maximum absolute atomic E-state index is 13.0. The smallest absolute Gasteiger partial charge is 0.229 e. The maximum atomic E-state index is 13.0. The molecule has 0 bridgehead atoms. The van der Waals surface area contributed by atoms with Crippen LogP contribution in [0, 0.1) is 25.5 Å². The molecule has 0 saturated heterocycles. The highest BCUT2D eigenvalue weighted by atomic mass is 19.2. The van der Waals surface area contributed by atoms with Gasteiger partial charge in [0, 0.05) is 17.3 Å². The molecule has 4 nitrogen and oxygen atoms in total. The molecule has 1 N–H and O–H groups in total. The molecule has 0 unspecified atom stereocenters. The Labute approximate surface area is 108 Å². The zero-order valence-electron chi connectivity index (χ0n) is 10.5. The Hall–Kier alpha value is -2.24. The van der Waals surface area contributed by atoms with Gasteiger partial charge in [0.05, 0.1) is 12.1 Å². The third-order valence-corrected chi connectivity index (χ3v) is 2.72. The van der Waals surface area contributed by atoms with Crippen LogP contribution in [-0.4, -0.2) is 11.1 Å². The van der Waals surface area contributed by atoms with Crippen molar-refractivity contribution in [3.63, 3.8) is 0 Å². The average Bonchev–Trinajstić information content (AvgIpc) is 2.66. The molecule has 0 aliphatic heterocycles. The monoisotopic (exact) mass is 266 g/mol. The summed E-state index contributed by atoms with van der Waals surface area (Å²) < 4.78 is 30.7. The summed E-state index contributed by atoms with van der Waals surface area (Å²) in [6.07, 6.45) is 0.0696. The van der Waals surface area contributed by atoms with E-state index < -0.39 is 11.6 Å². The van der Waals surface area contributed by atoms with E-state index in [4.69, 9.17) is 4.52 Å². The second kappa shape index (κ2) is 5.17. The van der Waals surface area contributed by atoms with Crippen molar-refractivity contribution in [2.75, 3.05) is 5.32 Å². The van der Waals surface area contributed by atoms with Gasteiger partial charge < -0.3 is 9.84 Å². The number of halogens is 2. The third-order valence-electron chi connectivity index (χ3n) is 2.72. The molecule has 19 heavy (non-hydrogen) atoms. The van der Waals surface area contributed by atoms with Crippen molar-refractivity contribution in [1.82, 2.24) is 5.16 Å². The molecule has 0 aliphatic rings. The predicted octanol–water partition coefficient (Wildman–Crippen LogP) is 2.75. The second-order valence-corrected chi connectivity index (χ2v) is 4.16.